The summed E-state index contributed by atoms with van der Waals surface area (Å²) < 4.78 is 12.9. The van der Waals surface area contributed by atoms with E-state index in [0.29, 0.717) is 0 Å². The summed E-state index contributed by atoms with van der Waals surface area (Å²) in [5.41, 5.74) is 0. The molecule has 0 saturated heterocycles. The molecule has 0 aliphatic carbocycles. The van der Waals surface area contributed by atoms with Crippen LogP contribution in [0.5, 0.6) is 0 Å². The summed E-state index contributed by atoms with van der Waals surface area (Å²) in [5.74, 6) is 0. The summed E-state index contributed by atoms with van der Waals surface area (Å²) in [4.78, 5) is 0. The van der Waals surface area contributed by atoms with Crippen molar-refractivity contribution >= 4 is 21.7 Å². The Labute approximate surface area is 100 Å². The first-order valence-electron chi connectivity index (χ1n) is 6.25. The second-order valence-corrected chi connectivity index (χ2v) is 6.26. The fraction of sp³-hybridized carbons (Fsp3) is 1.00. The van der Waals surface area contributed by atoms with Crippen LogP contribution in [0.1, 0.15) is 71.1 Å². The first-order valence-corrected chi connectivity index (χ1v) is 9.35. The molecule has 0 saturated carbocycles. The van der Waals surface area contributed by atoms with Crippen molar-refractivity contribution in [2.24, 2.45) is 0 Å². The van der Waals surface area contributed by atoms with Crippen LogP contribution in [0.15, 0.2) is 0 Å². The molecule has 82 valence electrons. The van der Waals surface area contributed by atoms with Crippen LogP contribution in [-0.4, -0.2) is 21.7 Å². The Hall–Kier alpha value is 0.729. The van der Waals surface area contributed by atoms with Gasteiger partial charge in [0.2, 0.25) is 0 Å². The Morgan fingerprint density at radius 1 is 0.714 bits per heavy atom. The summed E-state index contributed by atoms with van der Waals surface area (Å²) in [7, 11) is 0. The van der Waals surface area contributed by atoms with Crippen LogP contribution < -0.4 is 0 Å². The Morgan fingerprint density at radius 2 is 1.14 bits per heavy atom. The molecule has 0 amide bonds. The van der Waals surface area contributed by atoms with Crippen molar-refractivity contribution in [3.05, 3.63) is 0 Å². The van der Waals surface area contributed by atoms with E-state index in [9.17, 15) is 2.87 Å². The van der Waals surface area contributed by atoms with Gasteiger partial charge in [-0.05, 0) is 0 Å². The van der Waals surface area contributed by atoms with Gasteiger partial charge in [0.15, 0.2) is 0 Å². The SMILES string of the molecule is CCCCCCCCCCC[CH2][Sn+2][F]. The molecular formula is C12H25FSn+2. The van der Waals surface area contributed by atoms with Gasteiger partial charge < -0.3 is 0 Å². The van der Waals surface area contributed by atoms with Crippen LogP contribution in [0.4, 0.5) is 2.87 Å². The number of halogens is 1. The van der Waals surface area contributed by atoms with E-state index >= 15 is 0 Å². The molecule has 0 aromatic rings. The van der Waals surface area contributed by atoms with Crippen molar-refractivity contribution in [1.29, 1.82) is 0 Å². The molecule has 0 aromatic heterocycles. The monoisotopic (exact) mass is 308 g/mol. The number of hydrogen-bond donors (Lipinski definition) is 0. The zero-order chi connectivity index (χ0) is 10.5. The molecule has 0 nitrogen and oxygen atoms in total. The molecule has 0 heterocycles. The zero-order valence-electron chi connectivity index (χ0n) is 9.66. The molecule has 0 aliphatic heterocycles. The summed E-state index contributed by atoms with van der Waals surface area (Å²) >= 11 is -1.37. The second-order valence-electron chi connectivity index (χ2n) is 4.07. The Bertz CT molecular complexity index is 84.3. The third-order valence-corrected chi connectivity index (χ3v) is 4.17. The second kappa shape index (κ2) is 13.7. The molecular weight excluding hydrogens is 282 g/mol. The van der Waals surface area contributed by atoms with E-state index in [-0.39, 0.29) is 0 Å². The van der Waals surface area contributed by atoms with Gasteiger partial charge in [0.25, 0.3) is 0 Å². The zero-order valence-corrected chi connectivity index (χ0v) is 12.5. The minimum absolute atomic E-state index is 0.944. The van der Waals surface area contributed by atoms with Gasteiger partial charge in [-0.2, -0.15) is 0 Å². The quantitative estimate of drug-likeness (QED) is 0.376. The van der Waals surface area contributed by atoms with E-state index in [4.69, 9.17) is 0 Å². The van der Waals surface area contributed by atoms with Crippen molar-refractivity contribution in [1.82, 2.24) is 0 Å². The molecule has 0 N–H and O–H groups in total. The summed E-state index contributed by atoms with van der Waals surface area (Å²) in [6.07, 6.45) is 13.6. The van der Waals surface area contributed by atoms with Crippen molar-refractivity contribution in [2.75, 3.05) is 0 Å². The molecule has 0 atom stereocenters. The fourth-order valence-corrected chi connectivity index (χ4v) is 2.77. The van der Waals surface area contributed by atoms with Gasteiger partial charge >= 0.3 is 100 Å². The van der Waals surface area contributed by atoms with E-state index in [1.165, 1.54) is 64.2 Å². The summed E-state index contributed by atoms with van der Waals surface area (Å²) in [6, 6.07) is 0. The predicted octanol–water partition coefficient (Wildman–Crippen LogP) is 4.91. The average Bonchev–Trinajstić information content (AvgIpc) is 2.21. The van der Waals surface area contributed by atoms with E-state index in [1.807, 2.05) is 0 Å². The minimum atomic E-state index is -1.37. The number of unbranched alkanes of at least 4 members (excludes halogenated alkanes) is 9. The third kappa shape index (κ3) is 12.7. The molecule has 0 rings (SSSR count). The number of rotatable bonds is 11. The van der Waals surface area contributed by atoms with Crippen molar-refractivity contribution in [2.45, 2.75) is 75.6 Å². The Balaban J connectivity index is 2.78. The molecule has 0 radical (unpaired) electrons. The average molecular weight is 307 g/mol. The first-order chi connectivity index (χ1) is 6.91. The molecule has 0 unspecified atom stereocenters. The van der Waals surface area contributed by atoms with Crippen molar-refractivity contribution < 1.29 is 2.87 Å². The summed E-state index contributed by atoms with van der Waals surface area (Å²) in [6.45, 7) is 2.26. The predicted molar refractivity (Wildman–Crippen MR) is 63.5 cm³/mol. The third-order valence-electron chi connectivity index (χ3n) is 2.62. The topological polar surface area (TPSA) is 0 Å². The molecule has 0 bridgehead atoms. The fourth-order valence-electron chi connectivity index (χ4n) is 1.68. The van der Waals surface area contributed by atoms with E-state index in [2.05, 4.69) is 6.92 Å². The molecule has 0 spiro atoms. The molecule has 0 fully saturated rings. The van der Waals surface area contributed by atoms with Crippen LogP contribution in [0, 0.1) is 0 Å². The van der Waals surface area contributed by atoms with Crippen LogP contribution in [0.25, 0.3) is 0 Å². The molecule has 2 heteroatoms. The Morgan fingerprint density at radius 3 is 1.57 bits per heavy atom. The standard InChI is InChI=1S/C12H25.FH.Sn/c1-3-5-7-9-11-12-10-8-6-4-2;;/h1,3-12H2,2H3;1H;/q;;+3/p-1. The van der Waals surface area contributed by atoms with Gasteiger partial charge in [0.05, 0.1) is 0 Å². The summed E-state index contributed by atoms with van der Waals surface area (Å²) in [5, 5.41) is 0. The first kappa shape index (κ1) is 14.7. The van der Waals surface area contributed by atoms with Crippen LogP contribution in [-0.2, 0) is 0 Å². The van der Waals surface area contributed by atoms with Crippen LogP contribution in [0.3, 0.4) is 0 Å². The van der Waals surface area contributed by atoms with Gasteiger partial charge in [-0.3, -0.25) is 0 Å². The molecule has 0 aliphatic rings. The Kier molecular flexibility index (Phi) is 14.4. The maximum absolute atomic E-state index is 11.9. The van der Waals surface area contributed by atoms with E-state index < -0.39 is 21.7 Å². The van der Waals surface area contributed by atoms with Crippen molar-refractivity contribution in [3.63, 3.8) is 0 Å². The van der Waals surface area contributed by atoms with Gasteiger partial charge in [0, 0.05) is 0 Å². The van der Waals surface area contributed by atoms with E-state index in [1.54, 1.807) is 0 Å². The molecule has 0 aromatic carbocycles. The van der Waals surface area contributed by atoms with E-state index in [0.717, 1.165) is 4.44 Å². The van der Waals surface area contributed by atoms with Gasteiger partial charge in [-0.15, -0.1) is 0 Å². The van der Waals surface area contributed by atoms with Gasteiger partial charge in [-0.25, -0.2) is 0 Å². The number of hydrogen-bond acceptors (Lipinski definition) is 0. The van der Waals surface area contributed by atoms with Crippen LogP contribution in [0.2, 0.25) is 4.44 Å². The van der Waals surface area contributed by atoms with Gasteiger partial charge in [-0.1, -0.05) is 0 Å². The molecule has 14 heavy (non-hydrogen) atoms. The van der Waals surface area contributed by atoms with Crippen molar-refractivity contribution in [3.8, 4) is 0 Å². The normalized spacial score (nSPS) is 10.1. The van der Waals surface area contributed by atoms with Gasteiger partial charge in [0.1, 0.15) is 0 Å². The maximum atomic E-state index is 11.9. The van der Waals surface area contributed by atoms with Crippen LogP contribution >= 0.6 is 0 Å².